The molecule has 0 unspecified atom stereocenters. The van der Waals surface area contributed by atoms with Crippen LogP contribution in [0.3, 0.4) is 0 Å². The van der Waals surface area contributed by atoms with E-state index in [4.69, 9.17) is 25.8 Å². The Kier molecular flexibility index (Phi) is 5.43. The fraction of sp³-hybridized carbons (Fsp3) is 0.125. The summed E-state index contributed by atoms with van der Waals surface area (Å²) in [6, 6.07) is 11.4. The molecule has 0 aliphatic heterocycles. The molecular weight excluding hydrogens is 322 g/mol. The van der Waals surface area contributed by atoms with Crippen molar-refractivity contribution in [3.05, 3.63) is 58.6 Å². The van der Waals surface area contributed by atoms with Gasteiger partial charge < -0.3 is 19.4 Å². The maximum Gasteiger partial charge on any atom is 0.344 e. The number of ether oxygens (including phenoxy) is 3. The van der Waals surface area contributed by atoms with E-state index in [0.29, 0.717) is 5.56 Å². The molecule has 0 aromatic heterocycles. The molecule has 1 N–H and O–H groups in total. The van der Waals surface area contributed by atoms with E-state index in [0.717, 1.165) is 0 Å². The van der Waals surface area contributed by atoms with Crippen LogP contribution in [0.4, 0.5) is 0 Å². The van der Waals surface area contributed by atoms with Gasteiger partial charge in [-0.2, -0.15) is 0 Å². The number of hydrogen-bond donors (Lipinski definition) is 1. The maximum atomic E-state index is 12.1. The Balaban J connectivity index is 2.43. The van der Waals surface area contributed by atoms with E-state index >= 15 is 0 Å². The lowest BCUT2D eigenvalue weighted by molar-refractivity contribution is 0.0708. The number of nitrogens with zero attached hydrogens (tertiary/aromatic N) is 1. The molecule has 23 heavy (non-hydrogen) atoms. The summed E-state index contributed by atoms with van der Waals surface area (Å²) in [5.41, 5.74) is 0.433. The zero-order valence-electron chi connectivity index (χ0n) is 12.4. The van der Waals surface area contributed by atoms with E-state index in [2.05, 4.69) is 5.16 Å². The van der Waals surface area contributed by atoms with Gasteiger partial charge in [0, 0.05) is 0 Å². The van der Waals surface area contributed by atoms with E-state index < -0.39 is 5.97 Å². The van der Waals surface area contributed by atoms with E-state index in [-0.39, 0.29) is 28.0 Å². The number of oxime groups is 1. The van der Waals surface area contributed by atoms with Gasteiger partial charge in [0.05, 0.1) is 24.8 Å². The molecular formula is C16H14ClNO5. The molecule has 120 valence electrons. The lowest BCUT2D eigenvalue weighted by atomic mass is 10.1. The van der Waals surface area contributed by atoms with Gasteiger partial charge in [0.2, 0.25) is 0 Å². The van der Waals surface area contributed by atoms with Crippen LogP contribution in [0.15, 0.2) is 47.6 Å². The summed E-state index contributed by atoms with van der Waals surface area (Å²) >= 11 is 6.06. The first-order chi connectivity index (χ1) is 11.1. The minimum Gasteiger partial charge on any atom is -0.496 e. The molecule has 0 saturated carbocycles. The highest BCUT2D eigenvalue weighted by Gasteiger charge is 2.24. The average molecular weight is 336 g/mol. The molecule has 2 aromatic rings. The fourth-order valence-corrected chi connectivity index (χ4v) is 2.19. The zero-order chi connectivity index (χ0) is 16.8. The summed E-state index contributed by atoms with van der Waals surface area (Å²) in [5.74, 6) is -0.628. The molecule has 7 heteroatoms. The van der Waals surface area contributed by atoms with Gasteiger partial charge >= 0.3 is 5.97 Å². The van der Waals surface area contributed by atoms with E-state index in [9.17, 15) is 10.0 Å². The number of rotatable bonds is 4. The van der Waals surface area contributed by atoms with Crippen molar-refractivity contribution in [2.75, 3.05) is 14.2 Å². The molecule has 0 aliphatic carbocycles. The molecule has 6 nitrogen and oxygen atoms in total. The molecule has 2 rings (SSSR count). The van der Waals surface area contributed by atoms with Gasteiger partial charge in [-0.25, -0.2) is 4.79 Å². The van der Waals surface area contributed by atoms with Crippen LogP contribution < -0.4 is 9.47 Å². The van der Waals surface area contributed by atoms with Gasteiger partial charge in [-0.3, -0.25) is 0 Å². The molecule has 0 saturated heterocycles. The Morgan fingerprint density at radius 2 is 1.78 bits per heavy atom. The summed E-state index contributed by atoms with van der Waals surface area (Å²) in [5, 5.41) is 12.5. The Morgan fingerprint density at radius 1 is 1.09 bits per heavy atom. The highest BCUT2D eigenvalue weighted by Crippen LogP contribution is 2.36. The number of carbonyl (C=O) groups is 1. The number of esters is 1. The number of carbonyl (C=O) groups excluding carboxylic acids is 1. The van der Waals surface area contributed by atoms with Gasteiger partial charge in [-0.15, -0.1) is 0 Å². The van der Waals surface area contributed by atoms with E-state index in [1.54, 1.807) is 42.5 Å². The quantitative estimate of drug-likeness (QED) is 0.305. The first-order valence-electron chi connectivity index (χ1n) is 6.52. The van der Waals surface area contributed by atoms with Crippen LogP contribution in [0.25, 0.3) is 0 Å². The molecule has 0 spiro atoms. The van der Waals surface area contributed by atoms with Crippen LogP contribution >= 0.6 is 11.6 Å². The summed E-state index contributed by atoms with van der Waals surface area (Å²) < 4.78 is 15.5. The third-order valence-electron chi connectivity index (χ3n) is 3.00. The normalized spacial score (nSPS) is 11.0. The van der Waals surface area contributed by atoms with Crippen molar-refractivity contribution in [1.29, 1.82) is 0 Å². The fourth-order valence-electron chi connectivity index (χ4n) is 1.95. The molecule has 0 atom stereocenters. The SMILES string of the molecule is COc1ccc(Cl)c(OC)c1C(=NO)OC(=O)c1ccccc1. The van der Waals surface area contributed by atoms with Gasteiger partial charge in [0.1, 0.15) is 11.3 Å². The first kappa shape index (κ1) is 16.6. The second-order valence-corrected chi connectivity index (χ2v) is 4.73. The van der Waals surface area contributed by atoms with Crippen LogP contribution in [0.2, 0.25) is 5.02 Å². The van der Waals surface area contributed by atoms with Crippen molar-refractivity contribution in [2.45, 2.75) is 0 Å². The van der Waals surface area contributed by atoms with Crippen LogP contribution in [0, 0.1) is 0 Å². The van der Waals surface area contributed by atoms with Crippen molar-refractivity contribution in [2.24, 2.45) is 5.16 Å². The Hall–Kier alpha value is -2.73. The van der Waals surface area contributed by atoms with Gasteiger partial charge in [0.25, 0.3) is 5.90 Å². The summed E-state index contributed by atoms with van der Waals surface area (Å²) in [6.07, 6.45) is 0. The maximum absolute atomic E-state index is 12.1. The van der Waals surface area contributed by atoms with Gasteiger partial charge in [-0.05, 0) is 29.4 Å². The molecule has 0 aliphatic rings. The van der Waals surface area contributed by atoms with Crippen molar-refractivity contribution in [1.82, 2.24) is 0 Å². The first-order valence-corrected chi connectivity index (χ1v) is 6.90. The average Bonchev–Trinajstić information content (AvgIpc) is 2.60. The van der Waals surface area contributed by atoms with Crippen LogP contribution in [0.1, 0.15) is 15.9 Å². The van der Waals surface area contributed by atoms with Gasteiger partial charge in [0.15, 0.2) is 5.75 Å². The highest BCUT2D eigenvalue weighted by molar-refractivity contribution is 6.33. The highest BCUT2D eigenvalue weighted by atomic mass is 35.5. The largest absolute Gasteiger partial charge is 0.496 e. The minimum atomic E-state index is -0.692. The number of methoxy groups -OCH3 is 2. The zero-order valence-corrected chi connectivity index (χ0v) is 13.2. The topological polar surface area (TPSA) is 77.3 Å². The van der Waals surface area contributed by atoms with Crippen molar-refractivity contribution >= 4 is 23.5 Å². The summed E-state index contributed by atoms with van der Waals surface area (Å²) in [6.45, 7) is 0. The lowest BCUT2D eigenvalue weighted by Gasteiger charge is -2.15. The van der Waals surface area contributed by atoms with Crippen molar-refractivity contribution in [3.8, 4) is 11.5 Å². The Bertz CT molecular complexity index is 731. The van der Waals surface area contributed by atoms with Crippen molar-refractivity contribution < 1.29 is 24.2 Å². The number of hydrogen-bond acceptors (Lipinski definition) is 6. The molecule has 0 fully saturated rings. The molecule has 0 radical (unpaired) electrons. The minimum absolute atomic E-state index is 0.134. The standard InChI is InChI=1S/C16H14ClNO5/c1-21-12-9-8-11(17)14(22-2)13(12)15(18-20)23-16(19)10-6-4-3-5-7-10/h3-9,20H,1-2H3. The van der Waals surface area contributed by atoms with Crippen molar-refractivity contribution in [3.63, 3.8) is 0 Å². The van der Waals surface area contributed by atoms with Crippen LogP contribution in [-0.4, -0.2) is 31.3 Å². The van der Waals surface area contributed by atoms with Gasteiger partial charge in [-0.1, -0.05) is 29.8 Å². The molecule has 2 aromatic carbocycles. The van der Waals surface area contributed by atoms with Crippen LogP contribution in [0.5, 0.6) is 11.5 Å². The summed E-state index contributed by atoms with van der Waals surface area (Å²) in [4.78, 5) is 12.1. The third-order valence-corrected chi connectivity index (χ3v) is 3.30. The number of benzene rings is 2. The molecule has 0 heterocycles. The molecule has 0 bridgehead atoms. The predicted molar refractivity (Wildman–Crippen MR) is 84.7 cm³/mol. The smallest absolute Gasteiger partial charge is 0.344 e. The Morgan fingerprint density at radius 3 is 2.35 bits per heavy atom. The Labute approximate surface area is 137 Å². The summed E-state index contributed by atoms with van der Waals surface area (Å²) in [7, 11) is 2.80. The lowest BCUT2D eigenvalue weighted by Crippen LogP contribution is -2.16. The number of halogens is 1. The van der Waals surface area contributed by atoms with Crippen LogP contribution in [-0.2, 0) is 4.74 Å². The predicted octanol–water partition coefficient (Wildman–Crippen LogP) is 3.35. The third kappa shape index (κ3) is 3.54. The van der Waals surface area contributed by atoms with E-state index in [1.807, 2.05) is 0 Å². The van der Waals surface area contributed by atoms with E-state index in [1.165, 1.54) is 14.2 Å². The second kappa shape index (κ2) is 7.51. The monoisotopic (exact) mass is 335 g/mol. The second-order valence-electron chi connectivity index (χ2n) is 4.32. The molecule has 0 amide bonds.